The molecule has 0 aromatic carbocycles. The molecule has 2 heterocycles. The van der Waals surface area contributed by atoms with E-state index in [1.54, 1.807) is 6.20 Å². The fourth-order valence-corrected chi connectivity index (χ4v) is 2.04. The van der Waals surface area contributed by atoms with Crippen LogP contribution in [0.25, 0.3) is 5.82 Å². The lowest BCUT2D eigenvalue weighted by Gasteiger charge is -2.11. The molecule has 0 bridgehead atoms. The van der Waals surface area contributed by atoms with Crippen LogP contribution in [0.1, 0.15) is 12.1 Å². The summed E-state index contributed by atoms with van der Waals surface area (Å²) < 4.78 is 2.12. The molecule has 96 valence electrons. The maximum atomic E-state index is 5.85. The molecule has 0 unspecified atom stereocenters. The first-order valence-electron chi connectivity index (χ1n) is 6.10. The molecule has 0 aliphatic heterocycles. The van der Waals surface area contributed by atoms with Crippen LogP contribution in [0.4, 0.5) is 0 Å². The van der Waals surface area contributed by atoms with Crippen LogP contribution >= 0.6 is 11.6 Å². The Morgan fingerprint density at radius 3 is 2.78 bits per heavy atom. The van der Waals surface area contributed by atoms with Gasteiger partial charge in [0.15, 0.2) is 0 Å². The minimum absolute atomic E-state index is 0.667. The molecule has 0 spiro atoms. The zero-order chi connectivity index (χ0) is 13.0. The van der Waals surface area contributed by atoms with Gasteiger partial charge in [0, 0.05) is 18.1 Å². The second kappa shape index (κ2) is 6.03. The molecule has 3 nitrogen and oxygen atoms in total. The number of rotatable bonds is 5. The highest BCUT2D eigenvalue weighted by molar-refractivity contribution is 6.30. The first kappa shape index (κ1) is 13.1. The molecule has 18 heavy (non-hydrogen) atoms. The quantitative estimate of drug-likeness (QED) is 0.827. The van der Waals surface area contributed by atoms with Crippen molar-refractivity contribution in [3.05, 3.63) is 47.4 Å². The van der Waals surface area contributed by atoms with Crippen LogP contribution in [0.5, 0.6) is 0 Å². The number of halogens is 1. The van der Waals surface area contributed by atoms with Crippen LogP contribution in [-0.4, -0.2) is 35.1 Å². The monoisotopic (exact) mass is 263 g/mol. The second-order valence-electron chi connectivity index (χ2n) is 4.61. The summed E-state index contributed by atoms with van der Waals surface area (Å²) in [6.07, 6.45) is 5.92. The minimum Gasteiger partial charge on any atom is -0.309 e. The van der Waals surface area contributed by atoms with Gasteiger partial charge in [-0.2, -0.15) is 0 Å². The van der Waals surface area contributed by atoms with Gasteiger partial charge in [-0.1, -0.05) is 11.6 Å². The summed E-state index contributed by atoms with van der Waals surface area (Å²) in [6, 6.07) is 8.01. The average Bonchev–Trinajstić information content (AvgIpc) is 2.78. The first-order valence-corrected chi connectivity index (χ1v) is 6.47. The largest absolute Gasteiger partial charge is 0.309 e. The van der Waals surface area contributed by atoms with E-state index in [9.17, 15) is 0 Å². The van der Waals surface area contributed by atoms with Gasteiger partial charge in [0.05, 0.1) is 5.02 Å². The van der Waals surface area contributed by atoms with Crippen LogP contribution in [0.15, 0.2) is 36.7 Å². The molecule has 0 atom stereocenters. The Morgan fingerprint density at radius 2 is 2.11 bits per heavy atom. The minimum atomic E-state index is 0.667. The molecule has 0 aliphatic rings. The van der Waals surface area contributed by atoms with Crippen LogP contribution in [0, 0.1) is 0 Å². The van der Waals surface area contributed by atoms with Gasteiger partial charge in [-0.25, -0.2) is 4.98 Å². The molecular formula is C14H18ClN3. The summed E-state index contributed by atoms with van der Waals surface area (Å²) in [7, 11) is 4.19. The third-order valence-electron chi connectivity index (χ3n) is 2.83. The van der Waals surface area contributed by atoms with Gasteiger partial charge in [-0.15, -0.1) is 0 Å². The Hall–Kier alpha value is -1.32. The molecule has 0 saturated carbocycles. The Labute approximate surface area is 113 Å². The van der Waals surface area contributed by atoms with Crippen molar-refractivity contribution in [2.75, 3.05) is 20.6 Å². The maximum absolute atomic E-state index is 5.85. The van der Waals surface area contributed by atoms with Gasteiger partial charge in [-0.3, -0.25) is 0 Å². The van der Waals surface area contributed by atoms with Gasteiger partial charge in [0.25, 0.3) is 0 Å². The van der Waals surface area contributed by atoms with E-state index in [1.165, 1.54) is 5.69 Å². The number of hydrogen-bond acceptors (Lipinski definition) is 2. The van der Waals surface area contributed by atoms with Crippen LogP contribution in [0.3, 0.4) is 0 Å². The molecule has 0 amide bonds. The molecule has 0 fully saturated rings. The number of nitrogens with zero attached hydrogens (tertiary/aromatic N) is 3. The van der Waals surface area contributed by atoms with Crippen molar-refractivity contribution in [2.45, 2.75) is 12.8 Å². The molecule has 2 rings (SSSR count). The topological polar surface area (TPSA) is 21.1 Å². The molecule has 0 saturated heterocycles. The molecule has 0 radical (unpaired) electrons. The summed E-state index contributed by atoms with van der Waals surface area (Å²) in [4.78, 5) is 6.55. The van der Waals surface area contributed by atoms with E-state index in [4.69, 9.17) is 11.6 Å². The third-order valence-corrected chi connectivity index (χ3v) is 3.05. The highest BCUT2D eigenvalue weighted by Gasteiger charge is 2.04. The van der Waals surface area contributed by atoms with Crippen molar-refractivity contribution < 1.29 is 0 Å². The van der Waals surface area contributed by atoms with E-state index in [0.29, 0.717) is 5.02 Å². The molecule has 0 aliphatic carbocycles. The lowest BCUT2D eigenvalue weighted by molar-refractivity contribution is 0.399. The zero-order valence-electron chi connectivity index (χ0n) is 10.8. The number of aryl methyl sites for hydroxylation is 1. The predicted octanol–water partition coefficient (Wildman–Crippen LogP) is 3.02. The molecular weight excluding hydrogens is 246 g/mol. The van der Waals surface area contributed by atoms with Gasteiger partial charge < -0.3 is 9.47 Å². The van der Waals surface area contributed by atoms with Crippen molar-refractivity contribution in [1.82, 2.24) is 14.5 Å². The Morgan fingerprint density at radius 1 is 1.28 bits per heavy atom. The standard InChI is InChI=1S/C14H18ClN3/c1-17(2)9-3-5-13-6-4-10-18(13)14-8-7-12(15)11-16-14/h4,6-8,10-11H,3,5,9H2,1-2H3. The smallest absolute Gasteiger partial charge is 0.136 e. The Balaban J connectivity index is 2.10. The van der Waals surface area contributed by atoms with Crippen LogP contribution in [-0.2, 0) is 6.42 Å². The van der Waals surface area contributed by atoms with Gasteiger partial charge in [0.1, 0.15) is 5.82 Å². The zero-order valence-corrected chi connectivity index (χ0v) is 11.6. The van der Waals surface area contributed by atoms with Crippen molar-refractivity contribution >= 4 is 11.6 Å². The van der Waals surface area contributed by atoms with E-state index in [2.05, 4.69) is 40.7 Å². The van der Waals surface area contributed by atoms with Gasteiger partial charge in [0.2, 0.25) is 0 Å². The highest BCUT2D eigenvalue weighted by Crippen LogP contribution is 2.14. The Bertz CT molecular complexity index is 488. The molecule has 0 N–H and O–H groups in total. The van der Waals surface area contributed by atoms with Crippen molar-refractivity contribution in [1.29, 1.82) is 0 Å². The van der Waals surface area contributed by atoms with Gasteiger partial charge in [-0.05, 0) is 57.7 Å². The fourth-order valence-electron chi connectivity index (χ4n) is 1.93. The molecule has 4 heteroatoms. The summed E-state index contributed by atoms with van der Waals surface area (Å²) in [5.74, 6) is 0.921. The molecule has 2 aromatic heterocycles. The van der Waals surface area contributed by atoms with E-state index in [-0.39, 0.29) is 0 Å². The van der Waals surface area contributed by atoms with E-state index >= 15 is 0 Å². The van der Waals surface area contributed by atoms with Crippen molar-refractivity contribution in [3.63, 3.8) is 0 Å². The van der Waals surface area contributed by atoms with Crippen molar-refractivity contribution in [3.8, 4) is 5.82 Å². The summed E-state index contributed by atoms with van der Waals surface area (Å²) in [6.45, 7) is 1.10. The molecule has 2 aromatic rings. The fraction of sp³-hybridized carbons (Fsp3) is 0.357. The van der Waals surface area contributed by atoms with E-state index in [1.807, 2.05) is 18.3 Å². The number of hydrogen-bond donors (Lipinski definition) is 0. The predicted molar refractivity (Wildman–Crippen MR) is 75.4 cm³/mol. The van der Waals surface area contributed by atoms with E-state index < -0.39 is 0 Å². The summed E-state index contributed by atoms with van der Waals surface area (Å²) >= 11 is 5.85. The highest BCUT2D eigenvalue weighted by atomic mass is 35.5. The van der Waals surface area contributed by atoms with E-state index in [0.717, 1.165) is 25.2 Å². The normalized spacial score (nSPS) is 11.1. The first-order chi connectivity index (χ1) is 8.66. The third kappa shape index (κ3) is 3.34. The van der Waals surface area contributed by atoms with Crippen LogP contribution < -0.4 is 0 Å². The van der Waals surface area contributed by atoms with Crippen LogP contribution in [0.2, 0.25) is 5.02 Å². The Kier molecular flexibility index (Phi) is 4.39. The lowest BCUT2D eigenvalue weighted by Crippen LogP contribution is -2.14. The average molecular weight is 264 g/mol. The van der Waals surface area contributed by atoms with Gasteiger partial charge >= 0.3 is 0 Å². The SMILES string of the molecule is CN(C)CCCc1cccn1-c1ccc(Cl)cn1. The van der Waals surface area contributed by atoms with Crippen molar-refractivity contribution in [2.24, 2.45) is 0 Å². The summed E-state index contributed by atoms with van der Waals surface area (Å²) in [5.41, 5.74) is 1.28. The maximum Gasteiger partial charge on any atom is 0.136 e. The number of pyridine rings is 1. The summed E-state index contributed by atoms with van der Waals surface area (Å²) in [5, 5.41) is 0.667. The lowest BCUT2D eigenvalue weighted by atomic mass is 10.2. The number of aromatic nitrogens is 2. The second-order valence-corrected chi connectivity index (χ2v) is 5.05.